The average molecular weight is 189 g/mol. The Morgan fingerprint density at radius 2 is 1.85 bits per heavy atom. The van der Waals surface area contributed by atoms with Crippen molar-refractivity contribution in [2.75, 3.05) is 54.4 Å². The summed E-state index contributed by atoms with van der Waals surface area (Å²) in [5.41, 5.74) is 0. The molecule has 0 aromatic heterocycles. The minimum absolute atomic E-state index is 0.267. The summed E-state index contributed by atoms with van der Waals surface area (Å²) >= 11 is 0. The number of hydrogen-bond acceptors (Lipinski definition) is 4. The van der Waals surface area contributed by atoms with Gasteiger partial charge in [0.25, 0.3) is 0 Å². The number of rotatable bonds is 7. The van der Waals surface area contributed by atoms with Crippen LogP contribution < -0.4 is 5.32 Å². The quantitative estimate of drug-likeness (QED) is 0.542. The maximum atomic E-state index is 9.47. The van der Waals surface area contributed by atoms with Gasteiger partial charge in [-0.05, 0) is 28.2 Å². The van der Waals surface area contributed by atoms with Crippen LogP contribution in [0.25, 0.3) is 0 Å². The molecule has 0 rings (SSSR count). The normalized spacial score (nSPS) is 14.1. The van der Waals surface area contributed by atoms with Gasteiger partial charge in [0.15, 0.2) is 0 Å². The predicted octanol–water partition coefficient (Wildman–Crippen LogP) is -0.940. The lowest BCUT2D eigenvalue weighted by molar-refractivity contribution is 0.122. The second kappa shape index (κ2) is 7.26. The van der Waals surface area contributed by atoms with Crippen LogP contribution in [0, 0.1) is 0 Å². The first-order valence-corrected chi connectivity index (χ1v) is 4.72. The topological polar surface area (TPSA) is 38.7 Å². The molecule has 1 atom stereocenters. The molecule has 1 unspecified atom stereocenters. The number of likely N-dealkylation sites (N-methyl/N-ethyl adjacent to an activating group) is 3. The van der Waals surface area contributed by atoms with E-state index >= 15 is 0 Å². The van der Waals surface area contributed by atoms with E-state index in [4.69, 9.17) is 0 Å². The zero-order valence-electron chi connectivity index (χ0n) is 9.25. The fourth-order valence-corrected chi connectivity index (χ4v) is 1.12. The van der Waals surface area contributed by atoms with Gasteiger partial charge in [0.05, 0.1) is 6.10 Å². The van der Waals surface area contributed by atoms with E-state index < -0.39 is 0 Å². The number of aliphatic hydroxyl groups excluding tert-OH is 1. The third kappa shape index (κ3) is 8.18. The van der Waals surface area contributed by atoms with Crippen LogP contribution >= 0.6 is 0 Å². The fourth-order valence-electron chi connectivity index (χ4n) is 1.12. The fraction of sp³-hybridized carbons (Fsp3) is 1.00. The van der Waals surface area contributed by atoms with Gasteiger partial charge in [-0.25, -0.2) is 0 Å². The van der Waals surface area contributed by atoms with Gasteiger partial charge in [0.2, 0.25) is 0 Å². The largest absolute Gasteiger partial charge is 0.390 e. The minimum Gasteiger partial charge on any atom is -0.390 e. The maximum Gasteiger partial charge on any atom is 0.0791 e. The summed E-state index contributed by atoms with van der Waals surface area (Å²) in [6.45, 7) is 3.41. The van der Waals surface area contributed by atoms with Crippen molar-refractivity contribution in [3.05, 3.63) is 0 Å². The van der Waals surface area contributed by atoms with Crippen LogP contribution in [-0.2, 0) is 0 Å². The summed E-state index contributed by atoms with van der Waals surface area (Å²) < 4.78 is 0. The Kier molecular flexibility index (Phi) is 7.17. The van der Waals surface area contributed by atoms with E-state index in [1.54, 1.807) is 0 Å². The predicted molar refractivity (Wildman–Crippen MR) is 56.0 cm³/mol. The van der Waals surface area contributed by atoms with E-state index in [1.165, 1.54) is 0 Å². The molecule has 80 valence electrons. The van der Waals surface area contributed by atoms with Crippen LogP contribution in [0.4, 0.5) is 0 Å². The van der Waals surface area contributed by atoms with E-state index in [9.17, 15) is 5.11 Å². The van der Waals surface area contributed by atoms with Crippen molar-refractivity contribution in [3.63, 3.8) is 0 Å². The van der Waals surface area contributed by atoms with Crippen molar-refractivity contribution in [1.29, 1.82) is 0 Å². The second-order valence-corrected chi connectivity index (χ2v) is 3.78. The summed E-state index contributed by atoms with van der Waals surface area (Å²) in [7, 11) is 7.99. The van der Waals surface area contributed by atoms with Crippen LogP contribution in [0.3, 0.4) is 0 Å². The van der Waals surface area contributed by atoms with Crippen molar-refractivity contribution in [2.24, 2.45) is 0 Å². The molecule has 0 bridgehead atoms. The molecule has 0 spiro atoms. The number of aliphatic hydroxyl groups is 1. The van der Waals surface area contributed by atoms with Gasteiger partial charge < -0.3 is 20.2 Å². The highest BCUT2D eigenvalue weighted by Crippen LogP contribution is 1.88. The van der Waals surface area contributed by atoms with Crippen LogP contribution in [-0.4, -0.2) is 75.4 Å². The molecule has 0 aromatic carbocycles. The van der Waals surface area contributed by atoms with E-state index in [-0.39, 0.29) is 6.10 Å². The molecule has 0 amide bonds. The lowest BCUT2D eigenvalue weighted by atomic mass is 10.3. The van der Waals surface area contributed by atoms with Crippen LogP contribution in [0.15, 0.2) is 0 Å². The number of nitrogens with one attached hydrogen (secondary N) is 1. The Morgan fingerprint density at radius 3 is 2.31 bits per heavy atom. The van der Waals surface area contributed by atoms with E-state index in [0.29, 0.717) is 6.54 Å². The molecule has 0 aliphatic rings. The Balaban J connectivity index is 3.43. The Labute approximate surface area is 81.5 Å². The highest BCUT2D eigenvalue weighted by atomic mass is 16.3. The molecule has 0 heterocycles. The molecular weight excluding hydrogens is 166 g/mol. The van der Waals surface area contributed by atoms with Gasteiger partial charge >= 0.3 is 0 Å². The monoisotopic (exact) mass is 189 g/mol. The SMILES string of the molecule is CNCC(O)CN(C)CCN(C)C. The average Bonchev–Trinajstić information content (AvgIpc) is 2.01. The lowest BCUT2D eigenvalue weighted by Gasteiger charge is -2.21. The number of hydrogen-bond donors (Lipinski definition) is 2. The number of nitrogens with zero attached hydrogens (tertiary/aromatic N) is 2. The summed E-state index contributed by atoms with van der Waals surface area (Å²) in [4.78, 5) is 4.28. The first-order chi connectivity index (χ1) is 6.06. The first kappa shape index (κ1) is 12.8. The van der Waals surface area contributed by atoms with Gasteiger partial charge in [-0.2, -0.15) is 0 Å². The molecule has 0 radical (unpaired) electrons. The summed E-state index contributed by atoms with van der Waals surface area (Å²) in [5, 5.41) is 12.4. The smallest absolute Gasteiger partial charge is 0.0791 e. The molecule has 2 N–H and O–H groups in total. The molecule has 0 saturated heterocycles. The Morgan fingerprint density at radius 1 is 1.23 bits per heavy atom. The van der Waals surface area contributed by atoms with Crippen LogP contribution in [0.5, 0.6) is 0 Å². The van der Waals surface area contributed by atoms with Gasteiger partial charge in [0.1, 0.15) is 0 Å². The van der Waals surface area contributed by atoms with Crippen LogP contribution in [0.1, 0.15) is 0 Å². The molecule has 0 aliphatic heterocycles. The van der Waals surface area contributed by atoms with Crippen molar-refractivity contribution >= 4 is 0 Å². The summed E-state index contributed by atoms with van der Waals surface area (Å²) in [5.74, 6) is 0. The van der Waals surface area contributed by atoms with Gasteiger partial charge in [0, 0.05) is 26.2 Å². The molecular formula is C9H23N3O. The highest BCUT2D eigenvalue weighted by Gasteiger charge is 2.06. The molecule has 0 fully saturated rings. The van der Waals surface area contributed by atoms with E-state index in [1.807, 2.05) is 14.1 Å². The zero-order chi connectivity index (χ0) is 10.3. The highest BCUT2D eigenvalue weighted by molar-refractivity contribution is 4.63. The van der Waals surface area contributed by atoms with Gasteiger partial charge in [-0.15, -0.1) is 0 Å². The lowest BCUT2D eigenvalue weighted by Crippen LogP contribution is -2.38. The molecule has 0 aliphatic carbocycles. The van der Waals surface area contributed by atoms with Crippen molar-refractivity contribution in [2.45, 2.75) is 6.10 Å². The van der Waals surface area contributed by atoms with Gasteiger partial charge in [-0.1, -0.05) is 0 Å². The second-order valence-electron chi connectivity index (χ2n) is 3.78. The third-order valence-corrected chi connectivity index (χ3v) is 1.89. The van der Waals surface area contributed by atoms with Crippen LogP contribution in [0.2, 0.25) is 0 Å². The molecule has 0 saturated carbocycles. The molecule has 4 nitrogen and oxygen atoms in total. The molecule has 4 heteroatoms. The first-order valence-electron chi connectivity index (χ1n) is 4.72. The molecule has 0 aromatic rings. The standard InChI is InChI=1S/C9H23N3O/c1-10-7-9(13)8-12(4)6-5-11(2)3/h9-10,13H,5-8H2,1-4H3. The van der Waals surface area contributed by atoms with Gasteiger partial charge in [-0.3, -0.25) is 0 Å². The van der Waals surface area contributed by atoms with Crippen molar-refractivity contribution in [1.82, 2.24) is 15.1 Å². The third-order valence-electron chi connectivity index (χ3n) is 1.89. The Hall–Kier alpha value is -0.160. The summed E-state index contributed by atoms with van der Waals surface area (Å²) in [6.07, 6.45) is -0.267. The van der Waals surface area contributed by atoms with Crippen molar-refractivity contribution in [3.8, 4) is 0 Å². The zero-order valence-corrected chi connectivity index (χ0v) is 9.25. The Bertz CT molecular complexity index is 119. The van der Waals surface area contributed by atoms with Crippen molar-refractivity contribution < 1.29 is 5.11 Å². The van der Waals surface area contributed by atoms with E-state index in [0.717, 1.165) is 19.6 Å². The van der Waals surface area contributed by atoms with E-state index in [2.05, 4.69) is 29.2 Å². The minimum atomic E-state index is -0.267. The summed E-state index contributed by atoms with van der Waals surface area (Å²) in [6, 6.07) is 0. The maximum absolute atomic E-state index is 9.47. The molecule has 13 heavy (non-hydrogen) atoms.